The number of nitrogens with zero attached hydrogens (tertiary/aromatic N) is 6. The lowest BCUT2D eigenvalue weighted by Crippen LogP contribution is -2.07. The number of hydrogen-bond acceptors (Lipinski definition) is 7. The number of nitrogen functional groups attached to an aromatic ring is 1. The van der Waals surface area contributed by atoms with Crippen LogP contribution in [0.3, 0.4) is 0 Å². The average molecular weight is 440 g/mol. The second-order valence-corrected chi connectivity index (χ2v) is 7.87. The summed E-state index contributed by atoms with van der Waals surface area (Å²) < 4.78 is 3.32. The summed E-state index contributed by atoms with van der Waals surface area (Å²) in [4.78, 5) is 12.3. The van der Waals surface area contributed by atoms with Crippen LogP contribution in [-0.4, -0.2) is 41.3 Å². The van der Waals surface area contributed by atoms with Crippen molar-refractivity contribution in [3.63, 3.8) is 0 Å². The molecule has 10 heteroatoms. The average Bonchev–Trinajstić information content (AvgIpc) is 3.30. The highest BCUT2D eigenvalue weighted by Gasteiger charge is 2.20. The molecular weight excluding hydrogens is 422 g/mol. The molecule has 0 amide bonds. The summed E-state index contributed by atoms with van der Waals surface area (Å²) in [5.74, 6) is 1.12. The lowest BCUT2D eigenvalue weighted by Gasteiger charge is -2.06. The molecule has 0 radical (unpaired) electrons. The maximum Gasteiger partial charge on any atom is 0.191 e. The molecule has 4 rings (SSSR count). The molecule has 2 N–H and O–H groups in total. The van der Waals surface area contributed by atoms with Crippen molar-refractivity contribution in [1.29, 1.82) is 0 Å². The third-order valence-electron chi connectivity index (χ3n) is 4.53. The molecule has 0 unspecified atom stereocenters. The zero-order chi connectivity index (χ0) is 21.1. The first kappa shape index (κ1) is 20.1. The number of hydrogen-bond donors (Lipinski definition) is 1. The van der Waals surface area contributed by atoms with E-state index in [1.807, 2.05) is 42.5 Å². The highest BCUT2D eigenvalue weighted by Crippen LogP contribution is 2.26. The van der Waals surface area contributed by atoms with Crippen LogP contribution in [0.4, 0.5) is 5.82 Å². The van der Waals surface area contributed by atoms with Crippen LogP contribution in [-0.2, 0) is 13.6 Å². The maximum absolute atomic E-state index is 12.3. The number of benzene rings is 2. The van der Waals surface area contributed by atoms with Crippen molar-refractivity contribution in [3.05, 3.63) is 70.7 Å². The van der Waals surface area contributed by atoms with Gasteiger partial charge < -0.3 is 10.3 Å². The molecule has 2 heterocycles. The molecule has 0 bridgehead atoms. The molecule has 30 heavy (non-hydrogen) atoms. The topological polar surface area (TPSA) is 105 Å². The van der Waals surface area contributed by atoms with Crippen molar-refractivity contribution in [1.82, 2.24) is 29.8 Å². The fourth-order valence-corrected chi connectivity index (χ4v) is 3.87. The Morgan fingerprint density at radius 1 is 1.07 bits per heavy atom. The fourth-order valence-electron chi connectivity index (χ4n) is 2.87. The summed E-state index contributed by atoms with van der Waals surface area (Å²) in [6, 6.07) is 16.6. The monoisotopic (exact) mass is 439 g/mol. The van der Waals surface area contributed by atoms with Gasteiger partial charge in [-0.25, -0.2) is 4.68 Å². The Bertz CT molecular complexity index is 1190. The Labute approximate surface area is 182 Å². The summed E-state index contributed by atoms with van der Waals surface area (Å²) in [5, 5.41) is 17.9. The van der Waals surface area contributed by atoms with Gasteiger partial charge in [0.15, 0.2) is 28.3 Å². The molecule has 2 aromatic carbocycles. The Balaban J connectivity index is 1.50. The van der Waals surface area contributed by atoms with Crippen molar-refractivity contribution in [2.24, 2.45) is 7.05 Å². The van der Waals surface area contributed by atoms with Crippen molar-refractivity contribution in [2.45, 2.75) is 11.7 Å². The van der Waals surface area contributed by atoms with Gasteiger partial charge in [-0.05, 0) is 11.6 Å². The van der Waals surface area contributed by atoms with Gasteiger partial charge in [-0.3, -0.25) is 4.79 Å². The summed E-state index contributed by atoms with van der Waals surface area (Å²) in [6.45, 7) is 0.392. The summed E-state index contributed by atoms with van der Waals surface area (Å²) >= 11 is 7.53. The number of ketones is 1. The van der Waals surface area contributed by atoms with Gasteiger partial charge in [0.1, 0.15) is 0 Å². The predicted octanol–water partition coefficient (Wildman–Crippen LogP) is 3.33. The Hall–Kier alpha value is -3.17. The minimum Gasteiger partial charge on any atom is -0.382 e. The number of anilines is 1. The lowest BCUT2D eigenvalue weighted by molar-refractivity contribution is 0.102. The van der Waals surface area contributed by atoms with E-state index in [0.29, 0.717) is 39.6 Å². The number of rotatable bonds is 7. The van der Waals surface area contributed by atoms with E-state index in [-0.39, 0.29) is 11.5 Å². The number of carbonyl (C=O) groups excluding carboxylic acids is 1. The largest absolute Gasteiger partial charge is 0.382 e. The van der Waals surface area contributed by atoms with Crippen LogP contribution in [0, 0.1) is 0 Å². The van der Waals surface area contributed by atoms with Crippen LogP contribution in [0.1, 0.15) is 15.9 Å². The van der Waals surface area contributed by atoms with Gasteiger partial charge in [0.05, 0.1) is 12.3 Å². The number of carbonyl (C=O) groups is 1. The number of Topliss-reactive ketones (excluding diaryl/α,β-unsaturated/α-hetero) is 1. The van der Waals surface area contributed by atoms with E-state index in [9.17, 15) is 4.79 Å². The molecule has 0 aliphatic carbocycles. The predicted molar refractivity (Wildman–Crippen MR) is 116 cm³/mol. The summed E-state index contributed by atoms with van der Waals surface area (Å²) in [7, 11) is 1.80. The van der Waals surface area contributed by atoms with Crippen LogP contribution in [0.15, 0.2) is 59.8 Å². The van der Waals surface area contributed by atoms with Crippen LogP contribution in [0.25, 0.3) is 11.5 Å². The van der Waals surface area contributed by atoms with Crippen molar-refractivity contribution < 1.29 is 4.79 Å². The van der Waals surface area contributed by atoms with E-state index in [4.69, 9.17) is 17.3 Å². The van der Waals surface area contributed by atoms with E-state index in [0.717, 1.165) is 5.56 Å². The third kappa shape index (κ3) is 4.07. The van der Waals surface area contributed by atoms with E-state index < -0.39 is 0 Å². The minimum absolute atomic E-state index is 0.0235. The van der Waals surface area contributed by atoms with Gasteiger partial charge in [-0.1, -0.05) is 77.1 Å². The second kappa shape index (κ2) is 8.68. The molecule has 0 spiro atoms. The van der Waals surface area contributed by atoms with Gasteiger partial charge in [-0.2, -0.15) is 0 Å². The Morgan fingerprint density at radius 2 is 1.80 bits per heavy atom. The molecule has 0 aliphatic rings. The smallest absolute Gasteiger partial charge is 0.191 e. The van der Waals surface area contributed by atoms with Crippen molar-refractivity contribution in [3.8, 4) is 11.5 Å². The lowest BCUT2D eigenvalue weighted by atomic mass is 10.2. The normalized spacial score (nSPS) is 11.0. The zero-order valence-corrected chi connectivity index (χ0v) is 17.6. The molecule has 152 valence electrons. The Kier molecular flexibility index (Phi) is 5.82. The van der Waals surface area contributed by atoms with Crippen LogP contribution < -0.4 is 5.73 Å². The molecule has 2 aromatic heterocycles. The van der Waals surface area contributed by atoms with E-state index >= 15 is 0 Å². The quantitative estimate of drug-likeness (QED) is 0.348. The molecule has 0 aliphatic heterocycles. The van der Waals surface area contributed by atoms with E-state index in [1.54, 1.807) is 28.4 Å². The van der Waals surface area contributed by atoms with Gasteiger partial charge >= 0.3 is 0 Å². The van der Waals surface area contributed by atoms with Gasteiger partial charge in [0.25, 0.3) is 0 Å². The molecule has 0 atom stereocenters. The first-order chi connectivity index (χ1) is 14.5. The first-order valence-corrected chi connectivity index (χ1v) is 10.4. The van der Waals surface area contributed by atoms with Gasteiger partial charge in [0, 0.05) is 17.6 Å². The molecule has 4 aromatic rings. The SMILES string of the molecule is Cn1c(SCC(=O)c2ccccc2)nnc1-c1nnn(Cc2ccccc2Cl)c1N. The summed E-state index contributed by atoms with van der Waals surface area (Å²) in [5.41, 5.74) is 8.24. The van der Waals surface area contributed by atoms with Crippen molar-refractivity contribution in [2.75, 3.05) is 11.5 Å². The van der Waals surface area contributed by atoms with Crippen LogP contribution in [0.2, 0.25) is 5.02 Å². The van der Waals surface area contributed by atoms with Crippen LogP contribution in [0.5, 0.6) is 0 Å². The first-order valence-electron chi connectivity index (χ1n) is 9.07. The molecule has 0 fully saturated rings. The number of nitrogens with two attached hydrogens (primary N) is 1. The second-order valence-electron chi connectivity index (χ2n) is 6.52. The number of thioether (sulfide) groups is 1. The standard InChI is InChI=1S/C20H18ClN7OS/c1-27-19(24-25-20(27)30-12-16(29)13-7-3-2-4-8-13)17-18(22)28(26-23-17)11-14-9-5-6-10-15(14)21/h2-10H,11-12,22H2,1H3. The highest BCUT2D eigenvalue weighted by molar-refractivity contribution is 7.99. The van der Waals surface area contributed by atoms with E-state index in [1.165, 1.54) is 11.8 Å². The molecule has 8 nitrogen and oxygen atoms in total. The molecule has 0 saturated heterocycles. The van der Waals surface area contributed by atoms with Crippen molar-refractivity contribution >= 4 is 35.0 Å². The molecular formula is C20H18ClN7OS. The third-order valence-corrected chi connectivity index (χ3v) is 5.92. The number of halogens is 1. The van der Waals surface area contributed by atoms with E-state index in [2.05, 4.69) is 20.5 Å². The van der Waals surface area contributed by atoms with Gasteiger partial charge in [0.2, 0.25) is 0 Å². The number of aromatic nitrogens is 6. The summed E-state index contributed by atoms with van der Waals surface area (Å²) in [6.07, 6.45) is 0. The zero-order valence-electron chi connectivity index (χ0n) is 16.1. The Morgan fingerprint density at radius 3 is 2.57 bits per heavy atom. The highest BCUT2D eigenvalue weighted by atomic mass is 35.5. The maximum atomic E-state index is 12.3. The fraction of sp³-hybridized carbons (Fsp3) is 0.150. The van der Waals surface area contributed by atoms with Crippen LogP contribution >= 0.6 is 23.4 Å². The van der Waals surface area contributed by atoms with Gasteiger partial charge in [-0.15, -0.1) is 15.3 Å². The minimum atomic E-state index is 0.0235. The molecule has 0 saturated carbocycles.